The van der Waals surface area contributed by atoms with Crippen LogP contribution in [0, 0.1) is 5.82 Å². The van der Waals surface area contributed by atoms with E-state index in [9.17, 15) is 4.39 Å². The van der Waals surface area contributed by atoms with Gasteiger partial charge in [-0.15, -0.1) is 0 Å². The van der Waals surface area contributed by atoms with Crippen molar-refractivity contribution < 1.29 is 4.39 Å². The average Bonchev–Trinajstić information content (AvgIpc) is 2.42. The maximum Gasteiger partial charge on any atom is 0.129 e. The number of rotatable bonds is 4. The summed E-state index contributed by atoms with van der Waals surface area (Å²) in [6, 6.07) is 13.3. The quantitative estimate of drug-likeness (QED) is 0.876. The maximum absolute atomic E-state index is 14.1. The number of benzene rings is 2. The maximum atomic E-state index is 14.1. The van der Waals surface area contributed by atoms with Gasteiger partial charge in [0.15, 0.2) is 0 Å². The highest BCUT2D eigenvalue weighted by atomic mass is 79.9. The van der Waals surface area contributed by atoms with Crippen LogP contribution >= 0.6 is 15.9 Å². The number of hydrogen-bond donors (Lipinski definition) is 1. The molecule has 0 aliphatic heterocycles. The van der Waals surface area contributed by atoms with E-state index in [1.807, 2.05) is 31.3 Å². The number of nitrogens with one attached hydrogen (secondary N) is 1. The van der Waals surface area contributed by atoms with Crippen LogP contribution in [0.1, 0.15) is 29.7 Å². The first kappa shape index (κ1) is 14.2. The zero-order valence-electron chi connectivity index (χ0n) is 11.1. The van der Waals surface area contributed by atoms with E-state index in [1.165, 1.54) is 11.6 Å². The van der Waals surface area contributed by atoms with Gasteiger partial charge in [0.25, 0.3) is 0 Å². The molecule has 1 N–H and O–H groups in total. The van der Waals surface area contributed by atoms with Gasteiger partial charge in [-0.25, -0.2) is 4.39 Å². The Morgan fingerprint density at radius 3 is 2.63 bits per heavy atom. The summed E-state index contributed by atoms with van der Waals surface area (Å²) in [4.78, 5) is 0. The van der Waals surface area contributed by atoms with E-state index in [1.54, 1.807) is 0 Å². The fourth-order valence-corrected chi connectivity index (χ4v) is 2.56. The van der Waals surface area contributed by atoms with Gasteiger partial charge in [-0.3, -0.25) is 0 Å². The Hall–Kier alpha value is -1.19. The third kappa shape index (κ3) is 3.23. The van der Waals surface area contributed by atoms with Gasteiger partial charge in [-0.2, -0.15) is 0 Å². The fourth-order valence-electron chi connectivity index (χ4n) is 2.23. The molecule has 100 valence electrons. The first-order valence-electron chi connectivity index (χ1n) is 6.36. The van der Waals surface area contributed by atoms with E-state index in [-0.39, 0.29) is 11.9 Å². The van der Waals surface area contributed by atoms with Gasteiger partial charge in [0.1, 0.15) is 5.82 Å². The molecule has 2 aromatic carbocycles. The predicted molar refractivity (Wildman–Crippen MR) is 80.8 cm³/mol. The molecule has 0 radical (unpaired) electrons. The van der Waals surface area contributed by atoms with Crippen LogP contribution in [0.5, 0.6) is 0 Å². The van der Waals surface area contributed by atoms with Gasteiger partial charge >= 0.3 is 0 Å². The second-order valence-corrected chi connectivity index (χ2v) is 5.40. The summed E-state index contributed by atoms with van der Waals surface area (Å²) < 4.78 is 14.8. The number of hydrogen-bond acceptors (Lipinski definition) is 1. The van der Waals surface area contributed by atoms with E-state index < -0.39 is 0 Å². The van der Waals surface area contributed by atoms with Gasteiger partial charge in [-0.1, -0.05) is 53.2 Å². The van der Waals surface area contributed by atoms with Crippen LogP contribution in [-0.4, -0.2) is 7.05 Å². The molecular formula is C16H17BrFN. The third-order valence-corrected chi connectivity index (χ3v) is 3.75. The van der Waals surface area contributed by atoms with E-state index in [0.29, 0.717) is 5.56 Å². The van der Waals surface area contributed by atoms with Crippen molar-refractivity contribution in [1.29, 1.82) is 0 Å². The van der Waals surface area contributed by atoms with Crippen LogP contribution in [0.2, 0.25) is 0 Å². The number of aryl methyl sites for hydroxylation is 1. The lowest BCUT2D eigenvalue weighted by molar-refractivity contribution is 0.575. The minimum Gasteiger partial charge on any atom is -0.309 e. The van der Waals surface area contributed by atoms with Crippen molar-refractivity contribution in [2.24, 2.45) is 0 Å². The zero-order valence-corrected chi connectivity index (χ0v) is 12.7. The summed E-state index contributed by atoms with van der Waals surface area (Å²) in [6.07, 6.45) is 0.979. The minimum atomic E-state index is -0.198. The molecule has 0 spiro atoms. The Labute approximate surface area is 122 Å². The molecule has 0 bridgehead atoms. The van der Waals surface area contributed by atoms with Crippen molar-refractivity contribution in [1.82, 2.24) is 5.32 Å². The molecule has 0 aliphatic rings. The average molecular weight is 322 g/mol. The van der Waals surface area contributed by atoms with Crippen LogP contribution in [-0.2, 0) is 6.42 Å². The molecule has 1 atom stereocenters. The molecule has 2 aromatic rings. The lowest BCUT2D eigenvalue weighted by Crippen LogP contribution is -2.19. The van der Waals surface area contributed by atoms with Crippen LogP contribution in [0.25, 0.3) is 0 Å². The van der Waals surface area contributed by atoms with E-state index in [0.717, 1.165) is 16.5 Å². The van der Waals surface area contributed by atoms with Crippen molar-refractivity contribution in [3.05, 3.63) is 69.4 Å². The van der Waals surface area contributed by atoms with Crippen LogP contribution in [0.4, 0.5) is 4.39 Å². The highest BCUT2D eigenvalue weighted by molar-refractivity contribution is 9.10. The van der Waals surface area contributed by atoms with E-state index >= 15 is 0 Å². The van der Waals surface area contributed by atoms with Crippen molar-refractivity contribution in [2.45, 2.75) is 19.4 Å². The molecule has 1 unspecified atom stereocenters. The van der Waals surface area contributed by atoms with Crippen molar-refractivity contribution in [2.75, 3.05) is 7.05 Å². The summed E-state index contributed by atoms with van der Waals surface area (Å²) in [5.41, 5.74) is 3.01. The first-order valence-corrected chi connectivity index (χ1v) is 7.16. The smallest absolute Gasteiger partial charge is 0.129 e. The highest BCUT2D eigenvalue weighted by Gasteiger charge is 2.16. The van der Waals surface area contributed by atoms with E-state index in [4.69, 9.17) is 0 Å². The molecule has 0 aromatic heterocycles. The normalized spacial score (nSPS) is 12.4. The van der Waals surface area contributed by atoms with Crippen LogP contribution in [0.3, 0.4) is 0 Å². The fraction of sp³-hybridized carbons (Fsp3) is 0.250. The van der Waals surface area contributed by atoms with Gasteiger partial charge in [0.05, 0.1) is 6.04 Å². The molecule has 3 heteroatoms. The highest BCUT2D eigenvalue weighted by Crippen LogP contribution is 2.26. The van der Waals surface area contributed by atoms with E-state index in [2.05, 4.69) is 40.3 Å². The summed E-state index contributed by atoms with van der Waals surface area (Å²) in [5, 5.41) is 3.19. The minimum absolute atomic E-state index is 0.125. The Bertz CT molecular complexity index is 568. The second-order valence-electron chi connectivity index (χ2n) is 4.49. The zero-order chi connectivity index (χ0) is 13.8. The Balaban J connectivity index is 2.43. The van der Waals surface area contributed by atoms with Gasteiger partial charge < -0.3 is 5.32 Å². The lowest BCUT2D eigenvalue weighted by atomic mass is 9.96. The Kier molecular flexibility index (Phi) is 4.72. The lowest BCUT2D eigenvalue weighted by Gasteiger charge is -2.19. The molecule has 0 fully saturated rings. The second kappa shape index (κ2) is 6.31. The summed E-state index contributed by atoms with van der Waals surface area (Å²) in [6.45, 7) is 2.12. The molecule has 2 rings (SSSR count). The topological polar surface area (TPSA) is 12.0 Å². The van der Waals surface area contributed by atoms with Gasteiger partial charge in [0.2, 0.25) is 0 Å². The predicted octanol–water partition coefficient (Wildman–Crippen LogP) is 4.46. The summed E-state index contributed by atoms with van der Waals surface area (Å²) in [5.74, 6) is -0.198. The molecule has 0 aliphatic carbocycles. The monoisotopic (exact) mass is 321 g/mol. The Morgan fingerprint density at radius 2 is 2.00 bits per heavy atom. The molecule has 1 nitrogen and oxygen atoms in total. The van der Waals surface area contributed by atoms with Crippen molar-refractivity contribution in [3.63, 3.8) is 0 Å². The molecule has 0 amide bonds. The summed E-state index contributed by atoms with van der Waals surface area (Å²) >= 11 is 3.29. The summed E-state index contributed by atoms with van der Waals surface area (Å²) in [7, 11) is 1.85. The SMILES string of the molecule is CCc1cccc(C(NC)c2ccc(Br)cc2F)c1. The number of halogens is 2. The van der Waals surface area contributed by atoms with Crippen LogP contribution < -0.4 is 5.32 Å². The molecule has 0 saturated heterocycles. The third-order valence-electron chi connectivity index (χ3n) is 3.25. The Morgan fingerprint density at radius 1 is 1.21 bits per heavy atom. The van der Waals surface area contributed by atoms with Crippen molar-refractivity contribution >= 4 is 15.9 Å². The standard InChI is InChI=1S/C16H17BrFN/c1-3-11-5-4-6-12(9-11)16(19-2)14-8-7-13(17)10-15(14)18/h4-10,16,19H,3H2,1-2H3. The first-order chi connectivity index (χ1) is 9.15. The van der Waals surface area contributed by atoms with Crippen LogP contribution in [0.15, 0.2) is 46.9 Å². The molecular weight excluding hydrogens is 305 g/mol. The largest absolute Gasteiger partial charge is 0.309 e. The molecule has 19 heavy (non-hydrogen) atoms. The molecule has 0 saturated carbocycles. The van der Waals surface area contributed by atoms with Gasteiger partial charge in [-0.05, 0) is 36.7 Å². The molecule has 0 heterocycles. The van der Waals surface area contributed by atoms with Gasteiger partial charge in [0, 0.05) is 10.0 Å². The van der Waals surface area contributed by atoms with Crippen molar-refractivity contribution in [3.8, 4) is 0 Å².